The Labute approximate surface area is 176 Å². The van der Waals surface area contributed by atoms with E-state index in [1.807, 2.05) is 6.92 Å². The number of nitrogens with zero attached hydrogens (tertiary/aromatic N) is 2. The SMILES string of the molecule is CCC(COc1cc2ncnc(Nc3ccc(Br)cc3F)c2cc1N)NC(C)=O. The fourth-order valence-electron chi connectivity index (χ4n) is 2.78. The van der Waals surface area contributed by atoms with Gasteiger partial charge in [-0.15, -0.1) is 0 Å². The van der Waals surface area contributed by atoms with Crippen LogP contribution in [0.1, 0.15) is 20.3 Å². The maximum Gasteiger partial charge on any atom is 0.217 e. The van der Waals surface area contributed by atoms with Gasteiger partial charge in [0.2, 0.25) is 5.91 Å². The molecular formula is C20H21BrFN5O2. The highest BCUT2D eigenvalue weighted by Crippen LogP contribution is 2.32. The van der Waals surface area contributed by atoms with Crippen LogP contribution in [0.4, 0.5) is 21.6 Å². The summed E-state index contributed by atoms with van der Waals surface area (Å²) in [5, 5.41) is 6.44. The van der Waals surface area contributed by atoms with Crippen LogP contribution in [0.5, 0.6) is 5.75 Å². The fourth-order valence-corrected chi connectivity index (χ4v) is 3.12. The Balaban J connectivity index is 1.86. The molecule has 0 fully saturated rings. The number of ether oxygens (including phenoxy) is 1. The van der Waals surface area contributed by atoms with Crippen LogP contribution in [0.25, 0.3) is 10.9 Å². The molecule has 29 heavy (non-hydrogen) atoms. The molecule has 2 aromatic carbocycles. The highest BCUT2D eigenvalue weighted by Gasteiger charge is 2.13. The van der Waals surface area contributed by atoms with Crippen molar-refractivity contribution in [1.82, 2.24) is 15.3 Å². The summed E-state index contributed by atoms with van der Waals surface area (Å²) in [7, 11) is 0. The van der Waals surface area contributed by atoms with Gasteiger partial charge in [-0.05, 0) is 30.7 Å². The first-order valence-electron chi connectivity index (χ1n) is 9.03. The van der Waals surface area contributed by atoms with Crippen LogP contribution in [0.2, 0.25) is 0 Å². The Hall–Kier alpha value is -2.94. The molecule has 0 aliphatic carbocycles. The molecular weight excluding hydrogens is 441 g/mol. The third-order valence-electron chi connectivity index (χ3n) is 4.29. The zero-order valence-electron chi connectivity index (χ0n) is 16.0. The van der Waals surface area contributed by atoms with E-state index in [-0.39, 0.29) is 24.2 Å². The van der Waals surface area contributed by atoms with Crippen LogP contribution < -0.4 is 21.1 Å². The second-order valence-corrected chi connectivity index (χ2v) is 7.41. The summed E-state index contributed by atoms with van der Waals surface area (Å²) in [6.45, 7) is 3.71. The third-order valence-corrected chi connectivity index (χ3v) is 4.78. The largest absolute Gasteiger partial charge is 0.489 e. The van der Waals surface area contributed by atoms with Crippen LogP contribution in [0.3, 0.4) is 0 Å². The van der Waals surface area contributed by atoms with Crippen molar-refractivity contribution < 1.29 is 13.9 Å². The van der Waals surface area contributed by atoms with Crippen LogP contribution in [-0.2, 0) is 4.79 Å². The van der Waals surface area contributed by atoms with E-state index in [1.165, 1.54) is 19.3 Å². The maximum absolute atomic E-state index is 14.2. The second kappa shape index (κ2) is 9.04. The zero-order valence-corrected chi connectivity index (χ0v) is 17.6. The first-order valence-corrected chi connectivity index (χ1v) is 9.83. The van der Waals surface area contributed by atoms with Gasteiger partial charge >= 0.3 is 0 Å². The van der Waals surface area contributed by atoms with Gasteiger partial charge in [0.05, 0.1) is 22.9 Å². The van der Waals surface area contributed by atoms with E-state index in [0.29, 0.717) is 32.6 Å². The number of rotatable bonds is 7. The van der Waals surface area contributed by atoms with Gasteiger partial charge in [-0.2, -0.15) is 0 Å². The molecule has 4 N–H and O–H groups in total. The Bertz CT molecular complexity index is 1050. The van der Waals surface area contributed by atoms with Gasteiger partial charge in [0, 0.05) is 22.8 Å². The quantitative estimate of drug-likeness (QED) is 0.456. The molecule has 3 rings (SSSR count). The first kappa shape index (κ1) is 20.8. The molecule has 1 atom stereocenters. The molecule has 0 radical (unpaired) electrons. The van der Waals surface area contributed by atoms with E-state index >= 15 is 0 Å². The standard InChI is InChI=1S/C20H21BrFN5O2/c1-3-13(26-11(2)28)9-29-19-8-18-14(7-16(19)23)20(25-10-24-18)27-17-5-4-12(21)6-15(17)22/h4-8,10,13H,3,9,23H2,1-2H3,(H,26,28)(H,24,25,27). The zero-order chi connectivity index (χ0) is 21.0. The monoisotopic (exact) mass is 461 g/mol. The lowest BCUT2D eigenvalue weighted by molar-refractivity contribution is -0.119. The normalized spacial score (nSPS) is 11.9. The van der Waals surface area contributed by atoms with Crippen LogP contribution in [-0.4, -0.2) is 28.5 Å². The summed E-state index contributed by atoms with van der Waals surface area (Å²) in [5.41, 5.74) is 7.42. The number of nitrogens with two attached hydrogens (primary N) is 1. The lowest BCUT2D eigenvalue weighted by atomic mass is 10.2. The highest BCUT2D eigenvalue weighted by atomic mass is 79.9. The number of carbonyl (C=O) groups excluding carboxylic acids is 1. The number of fused-ring (bicyclic) bond motifs is 1. The Morgan fingerprint density at radius 3 is 2.79 bits per heavy atom. The van der Waals surface area contributed by atoms with E-state index in [0.717, 1.165) is 6.42 Å². The summed E-state index contributed by atoms with van der Waals surface area (Å²) < 4.78 is 20.6. The molecule has 1 unspecified atom stereocenters. The molecule has 0 saturated heterocycles. The maximum atomic E-state index is 14.2. The summed E-state index contributed by atoms with van der Waals surface area (Å²) in [6, 6.07) is 7.98. The average molecular weight is 462 g/mol. The van der Waals surface area contributed by atoms with Gasteiger partial charge in [0.25, 0.3) is 0 Å². The molecule has 0 spiro atoms. The minimum atomic E-state index is -0.414. The van der Waals surface area contributed by atoms with Gasteiger partial charge < -0.3 is 21.1 Å². The number of carbonyl (C=O) groups is 1. The summed E-state index contributed by atoms with van der Waals surface area (Å²) in [4.78, 5) is 19.7. The van der Waals surface area contributed by atoms with Crippen molar-refractivity contribution in [1.29, 1.82) is 0 Å². The van der Waals surface area contributed by atoms with E-state index < -0.39 is 5.82 Å². The van der Waals surface area contributed by atoms with Crippen molar-refractivity contribution in [3.63, 3.8) is 0 Å². The van der Waals surface area contributed by atoms with E-state index in [9.17, 15) is 9.18 Å². The highest BCUT2D eigenvalue weighted by molar-refractivity contribution is 9.10. The van der Waals surface area contributed by atoms with Gasteiger partial charge in [-0.25, -0.2) is 14.4 Å². The van der Waals surface area contributed by atoms with Crippen LogP contribution >= 0.6 is 15.9 Å². The molecule has 1 aromatic heterocycles. The average Bonchev–Trinajstić information content (AvgIpc) is 2.67. The Kier molecular flexibility index (Phi) is 6.48. The summed E-state index contributed by atoms with van der Waals surface area (Å²) in [5.74, 6) is 0.359. The topological polar surface area (TPSA) is 102 Å². The molecule has 152 valence electrons. The molecule has 1 amide bonds. The number of halogens is 2. The summed E-state index contributed by atoms with van der Waals surface area (Å²) >= 11 is 3.23. The Morgan fingerprint density at radius 2 is 2.10 bits per heavy atom. The number of amides is 1. The van der Waals surface area contributed by atoms with Crippen molar-refractivity contribution in [3.05, 3.63) is 46.9 Å². The number of anilines is 3. The summed E-state index contributed by atoms with van der Waals surface area (Å²) in [6.07, 6.45) is 2.11. The minimum Gasteiger partial charge on any atom is -0.489 e. The smallest absolute Gasteiger partial charge is 0.217 e. The van der Waals surface area contributed by atoms with Gasteiger partial charge in [0.15, 0.2) is 0 Å². The van der Waals surface area contributed by atoms with Gasteiger partial charge in [0.1, 0.15) is 30.3 Å². The van der Waals surface area contributed by atoms with Crippen molar-refractivity contribution in [2.75, 3.05) is 17.7 Å². The van der Waals surface area contributed by atoms with Gasteiger partial charge in [-0.1, -0.05) is 22.9 Å². The lowest BCUT2D eigenvalue weighted by Gasteiger charge is -2.18. The number of nitrogen functional groups attached to an aromatic ring is 1. The number of hydrogen-bond acceptors (Lipinski definition) is 6. The molecule has 0 bridgehead atoms. The van der Waals surface area contributed by atoms with Crippen LogP contribution in [0.15, 0.2) is 41.1 Å². The van der Waals surface area contributed by atoms with Crippen molar-refractivity contribution in [3.8, 4) is 5.75 Å². The first-order chi connectivity index (χ1) is 13.9. The van der Waals surface area contributed by atoms with Gasteiger partial charge in [-0.3, -0.25) is 4.79 Å². The number of benzene rings is 2. The minimum absolute atomic E-state index is 0.115. The molecule has 1 heterocycles. The molecule has 0 aliphatic heterocycles. The van der Waals surface area contributed by atoms with Crippen LogP contribution in [0, 0.1) is 5.82 Å². The lowest BCUT2D eigenvalue weighted by Crippen LogP contribution is -2.37. The van der Waals surface area contributed by atoms with E-state index in [2.05, 4.69) is 36.5 Å². The molecule has 9 heteroatoms. The number of aromatic nitrogens is 2. The van der Waals surface area contributed by atoms with E-state index in [4.69, 9.17) is 10.5 Å². The fraction of sp³-hybridized carbons (Fsp3) is 0.250. The van der Waals surface area contributed by atoms with E-state index in [1.54, 1.807) is 24.3 Å². The number of nitrogens with one attached hydrogen (secondary N) is 2. The number of hydrogen-bond donors (Lipinski definition) is 3. The second-order valence-electron chi connectivity index (χ2n) is 6.50. The third kappa shape index (κ3) is 5.11. The predicted molar refractivity (Wildman–Crippen MR) is 115 cm³/mol. The molecule has 3 aromatic rings. The predicted octanol–water partition coefficient (Wildman–Crippen LogP) is 4.15. The van der Waals surface area contributed by atoms with Crippen molar-refractivity contribution in [2.45, 2.75) is 26.3 Å². The van der Waals surface area contributed by atoms with Crippen molar-refractivity contribution >= 4 is 49.9 Å². The van der Waals surface area contributed by atoms with Crippen molar-refractivity contribution in [2.24, 2.45) is 0 Å². The Morgan fingerprint density at radius 1 is 1.31 bits per heavy atom. The molecule has 7 nitrogen and oxygen atoms in total. The molecule has 0 aliphatic rings. The molecule has 0 saturated carbocycles.